The van der Waals surface area contributed by atoms with E-state index >= 15 is 0 Å². The van der Waals surface area contributed by atoms with Gasteiger partial charge >= 0.3 is 0 Å². The van der Waals surface area contributed by atoms with Gasteiger partial charge in [0, 0.05) is 25.1 Å². The second kappa shape index (κ2) is 5.27. The van der Waals surface area contributed by atoms with E-state index in [9.17, 15) is 4.57 Å². The number of hydrogen-bond acceptors (Lipinski definition) is 3. The topological polar surface area (TPSA) is 55.8 Å². The fourth-order valence-electron chi connectivity index (χ4n) is 1.25. The Balaban J connectivity index is 3.11. The highest BCUT2D eigenvalue weighted by Crippen LogP contribution is 2.23. The van der Waals surface area contributed by atoms with Gasteiger partial charge in [-0.2, -0.15) is 0 Å². The highest BCUT2D eigenvalue weighted by molar-refractivity contribution is 7.47. The lowest BCUT2D eigenvalue weighted by atomic mass is 10.2. The highest BCUT2D eigenvalue weighted by Gasteiger charge is 2.15. The van der Waals surface area contributed by atoms with Crippen molar-refractivity contribution in [2.75, 3.05) is 14.2 Å². The summed E-state index contributed by atoms with van der Waals surface area (Å²) >= 11 is 0. The quantitative estimate of drug-likeness (QED) is 0.604. The molecule has 0 aliphatic carbocycles. The van der Waals surface area contributed by atoms with Crippen molar-refractivity contribution in [2.45, 2.75) is 6.29 Å². The van der Waals surface area contributed by atoms with E-state index in [0.717, 1.165) is 0 Å². The maximum atomic E-state index is 11.0. The van der Waals surface area contributed by atoms with E-state index in [1.165, 1.54) is 14.2 Å². The Hall–Kier alpha value is -0.670. The molecule has 1 rings (SSSR count). The van der Waals surface area contributed by atoms with Gasteiger partial charge < -0.3 is 14.4 Å². The second-order valence-corrected chi connectivity index (χ2v) is 3.84. The summed E-state index contributed by atoms with van der Waals surface area (Å²) in [6, 6.07) is 6.79. The molecule has 1 unspecified atom stereocenters. The van der Waals surface area contributed by atoms with Crippen molar-refractivity contribution >= 4 is 13.3 Å². The summed E-state index contributed by atoms with van der Waals surface area (Å²) in [6.07, 6.45) is -0.590. The molecule has 5 heteroatoms. The first kappa shape index (κ1) is 11.4. The summed E-state index contributed by atoms with van der Waals surface area (Å²) in [5.74, 6) is 0. The molecule has 1 aromatic rings. The number of methoxy groups -OCH3 is 2. The lowest BCUT2D eigenvalue weighted by Crippen LogP contribution is -2.13. The van der Waals surface area contributed by atoms with Gasteiger partial charge in [-0.15, -0.1) is 0 Å². The van der Waals surface area contributed by atoms with Crippen LogP contribution in [-0.2, 0) is 14.0 Å². The molecule has 0 aliphatic heterocycles. The standard InChI is InChI=1S/C9H13O4P/c1-12-9(13-2)7-5-3-4-6-8(7)14(10)11/h3-6,9,14H,1-2H3,(H,10,11). The number of benzene rings is 1. The zero-order valence-corrected chi connectivity index (χ0v) is 9.06. The van der Waals surface area contributed by atoms with Crippen LogP contribution in [0.3, 0.4) is 0 Å². The van der Waals surface area contributed by atoms with E-state index in [1.54, 1.807) is 24.3 Å². The average Bonchev–Trinajstić information content (AvgIpc) is 2.20. The van der Waals surface area contributed by atoms with E-state index in [2.05, 4.69) is 0 Å². The third-order valence-electron chi connectivity index (χ3n) is 1.87. The van der Waals surface area contributed by atoms with Gasteiger partial charge in [0.15, 0.2) is 6.29 Å². The third-order valence-corrected chi connectivity index (χ3v) is 2.79. The molecule has 1 N–H and O–H groups in total. The Morgan fingerprint density at radius 1 is 1.29 bits per heavy atom. The van der Waals surface area contributed by atoms with Crippen molar-refractivity contribution < 1.29 is 18.9 Å². The molecule has 0 aromatic heterocycles. The van der Waals surface area contributed by atoms with Crippen LogP contribution in [0, 0.1) is 0 Å². The molecule has 4 nitrogen and oxygen atoms in total. The fraction of sp³-hybridized carbons (Fsp3) is 0.333. The zero-order chi connectivity index (χ0) is 10.6. The van der Waals surface area contributed by atoms with Crippen LogP contribution in [0.25, 0.3) is 0 Å². The van der Waals surface area contributed by atoms with Crippen LogP contribution in [0.1, 0.15) is 11.9 Å². The average molecular weight is 216 g/mol. The maximum absolute atomic E-state index is 11.0. The van der Waals surface area contributed by atoms with Crippen molar-refractivity contribution in [2.24, 2.45) is 0 Å². The van der Waals surface area contributed by atoms with E-state index in [-0.39, 0.29) is 0 Å². The molecule has 0 saturated carbocycles. The summed E-state index contributed by atoms with van der Waals surface area (Å²) in [4.78, 5) is 9.08. The smallest absolute Gasteiger partial charge is 0.218 e. The molecule has 78 valence electrons. The van der Waals surface area contributed by atoms with Crippen molar-refractivity contribution in [1.29, 1.82) is 0 Å². The van der Waals surface area contributed by atoms with Gasteiger partial charge in [-0.3, -0.25) is 4.57 Å². The van der Waals surface area contributed by atoms with Gasteiger partial charge in [-0.25, -0.2) is 0 Å². The molecule has 1 atom stereocenters. The Kier molecular flexibility index (Phi) is 4.29. The van der Waals surface area contributed by atoms with E-state index in [1.807, 2.05) is 0 Å². The van der Waals surface area contributed by atoms with E-state index in [0.29, 0.717) is 10.9 Å². The Morgan fingerprint density at radius 2 is 1.86 bits per heavy atom. The lowest BCUT2D eigenvalue weighted by Gasteiger charge is -2.15. The number of hydrogen-bond donors (Lipinski definition) is 1. The molecule has 14 heavy (non-hydrogen) atoms. The summed E-state index contributed by atoms with van der Waals surface area (Å²) in [5.41, 5.74) is 0.601. The molecular weight excluding hydrogens is 203 g/mol. The van der Waals surface area contributed by atoms with Crippen molar-refractivity contribution in [3.8, 4) is 0 Å². The van der Waals surface area contributed by atoms with Crippen LogP contribution < -0.4 is 5.30 Å². The molecule has 0 bridgehead atoms. The fourth-order valence-corrected chi connectivity index (χ4v) is 1.93. The molecule has 0 aliphatic rings. The minimum absolute atomic E-state index is 0.381. The third kappa shape index (κ3) is 2.42. The SMILES string of the molecule is COC(OC)c1ccccc1[PH](=O)O. The number of rotatable bonds is 4. The number of ether oxygens (including phenoxy) is 2. The van der Waals surface area contributed by atoms with Gasteiger partial charge in [0.2, 0.25) is 8.03 Å². The van der Waals surface area contributed by atoms with Gasteiger partial charge in [-0.1, -0.05) is 18.2 Å². The van der Waals surface area contributed by atoms with Crippen molar-refractivity contribution in [1.82, 2.24) is 0 Å². The predicted molar refractivity (Wildman–Crippen MR) is 54.1 cm³/mol. The van der Waals surface area contributed by atoms with Crippen LogP contribution >= 0.6 is 8.03 Å². The highest BCUT2D eigenvalue weighted by atomic mass is 31.1. The Labute approximate surface area is 83.3 Å². The Morgan fingerprint density at radius 3 is 2.36 bits per heavy atom. The minimum atomic E-state index is -2.72. The summed E-state index contributed by atoms with van der Waals surface area (Å²) in [5, 5.41) is 0.381. The van der Waals surface area contributed by atoms with Gasteiger partial charge in [0.05, 0.1) is 0 Å². The molecule has 0 saturated heterocycles. The van der Waals surface area contributed by atoms with Crippen molar-refractivity contribution in [3.63, 3.8) is 0 Å². The van der Waals surface area contributed by atoms with Crippen LogP contribution in [0.4, 0.5) is 0 Å². The summed E-state index contributed by atoms with van der Waals surface area (Å²) in [6.45, 7) is 0. The summed E-state index contributed by atoms with van der Waals surface area (Å²) < 4.78 is 21.1. The van der Waals surface area contributed by atoms with Crippen LogP contribution in [0.2, 0.25) is 0 Å². The first-order valence-corrected chi connectivity index (χ1v) is 5.44. The van der Waals surface area contributed by atoms with E-state index in [4.69, 9.17) is 14.4 Å². The molecular formula is C9H13O4P. The predicted octanol–water partition coefficient (Wildman–Crippen LogP) is 1.07. The molecule has 0 fully saturated rings. The maximum Gasteiger partial charge on any atom is 0.218 e. The molecule has 1 aromatic carbocycles. The Bertz CT molecular complexity index is 322. The van der Waals surface area contributed by atoms with Crippen molar-refractivity contribution in [3.05, 3.63) is 29.8 Å². The first-order chi connectivity index (χ1) is 6.70. The zero-order valence-electron chi connectivity index (χ0n) is 8.06. The molecule has 0 radical (unpaired) electrons. The summed E-state index contributed by atoms with van der Waals surface area (Å²) in [7, 11) is 0.255. The molecule has 0 spiro atoms. The lowest BCUT2D eigenvalue weighted by molar-refractivity contribution is -0.105. The largest absolute Gasteiger partial charge is 0.352 e. The minimum Gasteiger partial charge on any atom is -0.352 e. The van der Waals surface area contributed by atoms with E-state index < -0.39 is 14.3 Å². The molecule has 0 amide bonds. The van der Waals surface area contributed by atoms with Gasteiger partial charge in [0.1, 0.15) is 0 Å². The second-order valence-electron chi connectivity index (χ2n) is 2.70. The normalized spacial score (nSPS) is 13.1. The van der Waals surface area contributed by atoms with Crippen LogP contribution in [0.15, 0.2) is 24.3 Å². The van der Waals surface area contributed by atoms with Crippen LogP contribution in [-0.4, -0.2) is 19.1 Å². The van der Waals surface area contributed by atoms with Crippen LogP contribution in [0.5, 0.6) is 0 Å². The molecule has 0 heterocycles. The first-order valence-electron chi connectivity index (χ1n) is 4.08. The van der Waals surface area contributed by atoms with Gasteiger partial charge in [-0.05, 0) is 6.07 Å². The monoisotopic (exact) mass is 216 g/mol. The van der Waals surface area contributed by atoms with Gasteiger partial charge in [0.25, 0.3) is 0 Å².